The molecule has 0 aliphatic carbocycles. The number of amides is 1. The molecule has 0 radical (unpaired) electrons. The van der Waals surface area contributed by atoms with E-state index in [1.54, 1.807) is 6.08 Å². The van der Waals surface area contributed by atoms with Crippen LogP contribution in [0, 0.1) is 11.3 Å². The quantitative estimate of drug-likeness (QED) is 0.658. The Morgan fingerprint density at radius 1 is 1.53 bits per heavy atom. The summed E-state index contributed by atoms with van der Waals surface area (Å²) >= 11 is 0. The SMILES string of the molecule is C=CCC(N)C(=O)NCC(C)(C)C(C)C. The van der Waals surface area contributed by atoms with Crippen LogP contribution < -0.4 is 11.1 Å². The van der Waals surface area contributed by atoms with E-state index < -0.39 is 6.04 Å². The van der Waals surface area contributed by atoms with Crippen molar-refractivity contribution < 1.29 is 4.79 Å². The van der Waals surface area contributed by atoms with Crippen molar-refractivity contribution >= 4 is 5.91 Å². The van der Waals surface area contributed by atoms with Gasteiger partial charge in [0.2, 0.25) is 5.91 Å². The first-order chi connectivity index (χ1) is 6.81. The minimum Gasteiger partial charge on any atom is -0.354 e. The van der Waals surface area contributed by atoms with Crippen molar-refractivity contribution in [1.82, 2.24) is 5.32 Å². The Bertz CT molecular complexity index is 222. The van der Waals surface area contributed by atoms with Gasteiger partial charge in [-0.25, -0.2) is 0 Å². The molecule has 0 aliphatic rings. The molecule has 0 saturated carbocycles. The normalized spacial score (nSPS) is 13.7. The molecule has 15 heavy (non-hydrogen) atoms. The van der Waals surface area contributed by atoms with Crippen LogP contribution in [-0.4, -0.2) is 18.5 Å². The van der Waals surface area contributed by atoms with E-state index in [4.69, 9.17) is 5.73 Å². The van der Waals surface area contributed by atoms with Gasteiger partial charge in [0.1, 0.15) is 0 Å². The second kappa shape index (κ2) is 5.91. The largest absolute Gasteiger partial charge is 0.354 e. The first-order valence-corrected chi connectivity index (χ1v) is 5.45. The summed E-state index contributed by atoms with van der Waals surface area (Å²) in [5, 5.41) is 2.88. The fourth-order valence-electron chi connectivity index (χ4n) is 0.937. The van der Waals surface area contributed by atoms with Gasteiger partial charge in [-0.15, -0.1) is 6.58 Å². The summed E-state index contributed by atoms with van der Waals surface area (Å²) in [4.78, 5) is 11.5. The van der Waals surface area contributed by atoms with Crippen molar-refractivity contribution in [2.75, 3.05) is 6.54 Å². The highest BCUT2D eigenvalue weighted by Crippen LogP contribution is 2.24. The number of nitrogens with two attached hydrogens (primary N) is 1. The predicted octanol–water partition coefficient (Wildman–Crippen LogP) is 1.69. The Morgan fingerprint density at radius 3 is 2.47 bits per heavy atom. The molecule has 0 aromatic heterocycles. The second-order valence-corrected chi connectivity index (χ2v) is 4.99. The van der Waals surface area contributed by atoms with E-state index in [9.17, 15) is 4.79 Å². The third kappa shape index (κ3) is 4.98. The molecule has 3 heteroatoms. The number of hydrogen-bond donors (Lipinski definition) is 2. The molecule has 0 aromatic carbocycles. The minimum absolute atomic E-state index is 0.0939. The lowest BCUT2D eigenvalue weighted by molar-refractivity contribution is -0.122. The maximum atomic E-state index is 11.5. The molecule has 0 spiro atoms. The topological polar surface area (TPSA) is 55.1 Å². The first-order valence-electron chi connectivity index (χ1n) is 5.45. The van der Waals surface area contributed by atoms with Crippen molar-refractivity contribution in [3.8, 4) is 0 Å². The van der Waals surface area contributed by atoms with Gasteiger partial charge in [0.05, 0.1) is 6.04 Å². The summed E-state index contributed by atoms with van der Waals surface area (Å²) in [6.45, 7) is 12.8. The number of rotatable bonds is 6. The number of nitrogens with one attached hydrogen (secondary N) is 1. The Balaban J connectivity index is 4.05. The molecule has 0 heterocycles. The van der Waals surface area contributed by atoms with Gasteiger partial charge in [-0.2, -0.15) is 0 Å². The number of hydrogen-bond acceptors (Lipinski definition) is 2. The number of carbonyl (C=O) groups excluding carboxylic acids is 1. The van der Waals surface area contributed by atoms with Gasteiger partial charge in [0.25, 0.3) is 0 Å². The van der Waals surface area contributed by atoms with E-state index in [-0.39, 0.29) is 11.3 Å². The van der Waals surface area contributed by atoms with Crippen molar-refractivity contribution in [2.45, 2.75) is 40.2 Å². The molecule has 0 rings (SSSR count). The highest BCUT2D eigenvalue weighted by atomic mass is 16.2. The average molecular weight is 212 g/mol. The summed E-state index contributed by atoms with van der Waals surface area (Å²) in [5.74, 6) is 0.428. The molecule has 0 aromatic rings. The fraction of sp³-hybridized carbons (Fsp3) is 0.750. The first kappa shape index (κ1) is 14.2. The summed E-state index contributed by atoms with van der Waals surface area (Å²) in [7, 11) is 0. The molecule has 3 N–H and O–H groups in total. The van der Waals surface area contributed by atoms with E-state index in [0.29, 0.717) is 18.9 Å². The summed E-state index contributed by atoms with van der Waals surface area (Å²) in [5.41, 5.74) is 5.75. The third-order valence-corrected chi connectivity index (χ3v) is 3.04. The van der Waals surface area contributed by atoms with Gasteiger partial charge in [-0.1, -0.05) is 33.8 Å². The standard InChI is InChI=1S/C12H24N2O/c1-6-7-10(13)11(15)14-8-12(4,5)9(2)3/h6,9-10H,1,7-8,13H2,2-5H3,(H,14,15). The third-order valence-electron chi connectivity index (χ3n) is 3.04. The number of carbonyl (C=O) groups is 1. The van der Waals surface area contributed by atoms with Crippen molar-refractivity contribution in [3.63, 3.8) is 0 Å². The van der Waals surface area contributed by atoms with Crippen molar-refractivity contribution in [1.29, 1.82) is 0 Å². The van der Waals surface area contributed by atoms with Gasteiger partial charge >= 0.3 is 0 Å². The fourth-order valence-corrected chi connectivity index (χ4v) is 0.937. The minimum atomic E-state index is -0.467. The van der Waals surface area contributed by atoms with Crippen LogP contribution in [0.3, 0.4) is 0 Å². The van der Waals surface area contributed by atoms with E-state index in [1.165, 1.54) is 0 Å². The molecule has 1 atom stereocenters. The smallest absolute Gasteiger partial charge is 0.237 e. The average Bonchev–Trinajstić information content (AvgIpc) is 2.14. The van der Waals surface area contributed by atoms with Crippen LogP contribution in [0.1, 0.15) is 34.1 Å². The van der Waals surface area contributed by atoms with E-state index in [0.717, 1.165) is 0 Å². The van der Waals surface area contributed by atoms with Crippen LogP contribution in [-0.2, 0) is 4.79 Å². The van der Waals surface area contributed by atoms with Gasteiger partial charge in [-0.05, 0) is 17.8 Å². The zero-order chi connectivity index (χ0) is 12.1. The molecule has 1 unspecified atom stereocenters. The predicted molar refractivity (Wildman–Crippen MR) is 64.4 cm³/mol. The van der Waals surface area contributed by atoms with Crippen LogP contribution in [0.2, 0.25) is 0 Å². The van der Waals surface area contributed by atoms with Crippen LogP contribution >= 0.6 is 0 Å². The highest BCUT2D eigenvalue weighted by molar-refractivity contribution is 5.81. The zero-order valence-corrected chi connectivity index (χ0v) is 10.3. The molecule has 0 fully saturated rings. The van der Waals surface area contributed by atoms with Gasteiger partial charge in [0.15, 0.2) is 0 Å². The summed E-state index contributed by atoms with van der Waals surface area (Å²) in [6, 6.07) is -0.467. The van der Waals surface area contributed by atoms with Crippen LogP contribution in [0.25, 0.3) is 0 Å². The van der Waals surface area contributed by atoms with Gasteiger partial charge < -0.3 is 11.1 Å². The van der Waals surface area contributed by atoms with E-state index >= 15 is 0 Å². The highest BCUT2D eigenvalue weighted by Gasteiger charge is 2.23. The van der Waals surface area contributed by atoms with Gasteiger partial charge in [0, 0.05) is 6.54 Å². The van der Waals surface area contributed by atoms with Gasteiger partial charge in [-0.3, -0.25) is 4.79 Å². The maximum Gasteiger partial charge on any atom is 0.237 e. The maximum absolute atomic E-state index is 11.5. The molecular weight excluding hydrogens is 188 g/mol. The molecule has 3 nitrogen and oxygen atoms in total. The monoisotopic (exact) mass is 212 g/mol. The molecular formula is C12H24N2O. The summed E-state index contributed by atoms with van der Waals surface area (Å²) in [6.07, 6.45) is 2.19. The molecule has 1 amide bonds. The lowest BCUT2D eigenvalue weighted by Crippen LogP contribution is -2.45. The van der Waals surface area contributed by atoms with Crippen molar-refractivity contribution in [2.24, 2.45) is 17.1 Å². The summed E-state index contributed by atoms with van der Waals surface area (Å²) < 4.78 is 0. The molecule has 88 valence electrons. The van der Waals surface area contributed by atoms with Crippen LogP contribution in [0.5, 0.6) is 0 Å². The Hall–Kier alpha value is -0.830. The van der Waals surface area contributed by atoms with Crippen LogP contribution in [0.15, 0.2) is 12.7 Å². The van der Waals surface area contributed by atoms with Crippen LogP contribution in [0.4, 0.5) is 0 Å². The van der Waals surface area contributed by atoms with E-state index in [2.05, 4.69) is 39.6 Å². The Labute approximate surface area is 93.1 Å². The lowest BCUT2D eigenvalue weighted by Gasteiger charge is -2.29. The molecule has 0 aliphatic heterocycles. The molecule has 0 saturated heterocycles. The Kier molecular flexibility index (Phi) is 5.58. The second-order valence-electron chi connectivity index (χ2n) is 4.99. The lowest BCUT2D eigenvalue weighted by atomic mass is 9.81. The molecule has 0 bridgehead atoms. The van der Waals surface area contributed by atoms with Crippen molar-refractivity contribution in [3.05, 3.63) is 12.7 Å². The Morgan fingerprint density at radius 2 is 2.07 bits per heavy atom. The zero-order valence-electron chi connectivity index (χ0n) is 10.3. The van der Waals surface area contributed by atoms with E-state index in [1.807, 2.05) is 0 Å².